The first-order chi connectivity index (χ1) is 25.4. The zero-order valence-electron chi connectivity index (χ0n) is 28.0. The molecule has 0 bridgehead atoms. The molecule has 0 saturated carbocycles. The van der Waals surface area contributed by atoms with Crippen molar-refractivity contribution in [3.63, 3.8) is 0 Å². The van der Waals surface area contributed by atoms with Crippen LogP contribution in [0.1, 0.15) is 31.8 Å². The first-order valence-corrected chi connectivity index (χ1v) is 17.0. The Balaban J connectivity index is 1.17. The Morgan fingerprint density at radius 1 is 0.500 bits per heavy atom. The first kappa shape index (κ1) is 30.9. The second-order valence-electron chi connectivity index (χ2n) is 12.9. The number of H-pyrrole nitrogens is 2. The van der Waals surface area contributed by atoms with Crippen molar-refractivity contribution >= 4 is 11.8 Å². The van der Waals surface area contributed by atoms with E-state index in [-0.39, 0.29) is 11.3 Å². The highest BCUT2D eigenvalue weighted by Gasteiger charge is 2.29. The van der Waals surface area contributed by atoms with E-state index >= 15 is 0 Å². The zero-order chi connectivity index (χ0) is 35.3. The van der Waals surface area contributed by atoms with Gasteiger partial charge in [-0.2, -0.15) is 0 Å². The Labute approximate surface area is 299 Å². The molecule has 0 fully saturated rings. The van der Waals surface area contributed by atoms with Gasteiger partial charge in [-0.3, -0.25) is 4.79 Å². The maximum absolute atomic E-state index is 13.8. The minimum absolute atomic E-state index is 0.0131. The van der Waals surface area contributed by atoms with Crippen LogP contribution in [0.15, 0.2) is 146 Å². The van der Waals surface area contributed by atoms with Crippen LogP contribution in [-0.2, 0) is 0 Å². The molecule has 248 valence electrons. The molecule has 7 heteroatoms. The summed E-state index contributed by atoms with van der Waals surface area (Å²) >= 11 is 0. The van der Waals surface area contributed by atoms with Crippen LogP contribution in [0.5, 0.6) is 0 Å². The molecule has 1 aliphatic carbocycles. The van der Waals surface area contributed by atoms with Crippen molar-refractivity contribution in [1.82, 2.24) is 19.9 Å². The van der Waals surface area contributed by atoms with Crippen LogP contribution in [0.4, 0.5) is 0 Å². The topological polar surface area (TPSA) is 112 Å². The smallest absolute Gasteiger partial charge is 0.335 e. The molecule has 0 amide bonds. The van der Waals surface area contributed by atoms with E-state index in [2.05, 4.69) is 65.4 Å². The number of nitrogens with zero attached hydrogens (tertiary/aromatic N) is 2. The van der Waals surface area contributed by atoms with Crippen LogP contribution < -0.4 is 0 Å². The third-order valence-electron chi connectivity index (χ3n) is 9.63. The van der Waals surface area contributed by atoms with E-state index in [1.165, 1.54) is 5.56 Å². The molecule has 0 atom stereocenters. The van der Waals surface area contributed by atoms with Gasteiger partial charge in [0.2, 0.25) is 0 Å². The molecule has 7 nitrogen and oxygen atoms in total. The lowest BCUT2D eigenvalue weighted by molar-refractivity contribution is 0.0696. The number of carboxylic acid groups (broad SMARTS) is 1. The fourth-order valence-electron chi connectivity index (χ4n) is 6.92. The minimum Gasteiger partial charge on any atom is -0.478 e. The quantitative estimate of drug-likeness (QED) is 0.156. The lowest BCUT2D eigenvalue weighted by Crippen LogP contribution is -1.95. The highest BCUT2D eigenvalue weighted by atomic mass is 16.4. The molecule has 2 aromatic heterocycles. The highest BCUT2D eigenvalue weighted by Crippen LogP contribution is 2.43. The Kier molecular flexibility index (Phi) is 7.33. The molecular weight excluding hydrogens is 645 g/mol. The number of aryl methyl sites for hydroxylation is 1. The molecule has 2 heterocycles. The van der Waals surface area contributed by atoms with E-state index < -0.39 is 5.97 Å². The zero-order valence-corrected chi connectivity index (χ0v) is 28.0. The average molecular weight is 675 g/mol. The molecule has 6 aromatic carbocycles. The summed E-state index contributed by atoms with van der Waals surface area (Å²) in [6.45, 7) is 2.07. The number of carbonyl (C=O) groups is 2. The Bertz CT molecular complexity index is 2660. The molecule has 0 radical (unpaired) electrons. The lowest BCUT2D eigenvalue weighted by atomic mass is 9.97. The summed E-state index contributed by atoms with van der Waals surface area (Å²) < 4.78 is 0. The Hall–Kier alpha value is -7.12. The summed E-state index contributed by atoms with van der Waals surface area (Å²) in [6, 6.07) is 46.9. The fraction of sp³-hybridized carbons (Fsp3) is 0.0222. The van der Waals surface area contributed by atoms with Gasteiger partial charge in [0, 0.05) is 44.5 Å². The van der Waals surface area contributed by atoms with Gasteiger partial charge in [-0.15, -0.1) is 0 Å². The van der Waals surface area contributed by atoms with Gasteiger partial charge in [0.25, 0.3) is 0 Å². The summed E-state index contributed by atoms with van der Waals surface area (Å²) in [6.07, 6.45) is 0. The molecule has 0 aliphatic heterocycles. The van der Waals surface area contributed by atoms with Crippen LogP contribution in [-0.4, -0.2) is 36.8 Å². The second kappa shape index (κ2) is 12.3. The van der Waals surface area contributed by atoms with Gasteiger partial charge >= 0.3 is 5.97 Å². The summed E-state index contributed by atoms with van der Waals surface area (Å²) in [7, 11) is 0. The number of aromatic amines is 2. The number of benzene rings is 6. The van der Waals surface area contributed by atoms with Crippen LogP contribution in [0, 0.1) is 6.92 Å². The third kappa shape index (κ3) is 5.32. The van der Waals surface area contributed by atoms with Crippen molar-refractivity contribution < 1.29 is 14.7 Å². The molecule has 8 aromatic rings. The molecule has 3 N–H and O–H groups in total. The van der Waals surface area contributed by atoms with Gasteiger partial charge in [-0.1, -0.05) is 115 Å². The lowest BCUT2D eigenvalue weighted by Gasteiger charge is -2.08. The molecule has 0 saturated heterocycles. The minimum atomic E-state index is -0.983. The monoisotopic (exact) mass is 674 g/mol. The normalized spacial score (nSPS) is 11.8. The van der Waals surface area contributed by atoms with Crippen molar-refractivity contribution in [3.8, 4) is 78.9 Å². The predicted octanol–water partition coefficient (Wildman–Crippen LogP) is 10.4. The number of aromatic carboxylic acids is 1. The third-order valence-corrected chi connectivity index (χ3v) is 9.63. The maximum Gasteiger partial charge on any atom is 0.335 e. The number of imidazole rings is 2. The number of hydrogen-bond acceptors (Lipinski definition) is 4. The first-order valence-electron chi connectivity index (χ1n) is 17.0. The van der Waals surface area contributed by atoms with Crippen LogP contribution in [0.25, 0.3) is 78.9 Å². The summed E-state index contributed by atoms with van der Waals surface area (Å²) in [4.78, 5) is 42.5. The van der Waals surface area contributed by atoms with E-state index in [4.69, 9.17) is 9.97 Å². The number of fused-ring (bicyclic) bond motifs is 3. The van der Waals surface area contributed by atoms with Gasteiger partial charge < -0.3 is 15.1 Å². The molecule has 0 spiro atoms. The molecule has 52 heavy (non-hydrogen) atoms. The average Bonchev–Trinajstić information content (AvgIpc) is 3.91. The Morgan fingerprint density at radius 3 is 1.54 bits per heavy atom. The van der Waals surface area contributed by atoms with Crippen molar-refractivity contribution in [2.75, 3.05) is 0 Å². The molecular formula is C45H30N4O3. The van der Waals surface area contributed by atoms with Crippen molar-refractivity contribution in [2.24, 2.45) is 0 Å². The summed E-state index contributed by atoms with van der Waals surface area (Å²) in [5.74, 6) is 0.388. The molecule has 9 rings (SSSR count). The number of aromatic nitrogens is 4. The number of ketones is 1. The number of nitrogens with one attached hydrogen (secondary N) is 2. The SMILES string of the molecule is Cc1ccc(-c2nc(-c3ccc4c(c3)-c3cc(-c5[nH]c(-c6ccc(C(=O)O)cc6)nc5-c5ccccc5)ccc3C4=O)c(-c3ccccc3)[nH]2)cc1. The van der Waals surface area contributed by atoms with E-state index in [1.807, 2.05) is 72.8 Å². The standard InChI is InChI=1S/C45H30N4O3/c1-26-12-14-29(15-13-26)43-46-38(27-8-4-2-5-9-27)40(48-43)32-20-22-34-36(24-32)37-25-33(21-23-35(37)42(34)50)41-39(28-10-6-3-7-11-28)47-44(49-41)30-16-18-31(19-17-30)45(51)52/h2-25H,1H3,(H,46,48)(H,47,49)(H,51,52). The predicted molar refractivity (Wildman–Crippen MR) is 204 cm³/mol. The van der Waals surface area contributed by atoms with Crippen molar-refractivity contribution in [1.29, 1.82) is 0 Å². The summed E-state index contributed by atoms with van der Waals surface area (Å²) in [5, 5.41) is 9.41. The second-order valence-corrected chi connectivity index (χ2v) is 12.9. The molecule has 0 unspecified atom stereocenters. The van der Waals surface area contributed by atoms with E-state index in [0.717, 1.165) is 73.1 Å². The van der Waals surface area contributed by atoms with Crippen LogP contribution in [0.2, 0.25) is 0 Å². The van der Waals surface area contributed by atoms with E-state index in [1.54, 1.807) is 24.3 Å². The van der Waals surface area contributed by atoms with Crippen LogP contribution in [0.3, 0.4) is 0 Å². The van der Waals surface area contributed by atoms with Crippen molar-refractivity contribution in [3.05, 3.63) is 168 Å². The Morgan fingerprint density at radius 2 is 0.962 bits per heavy atom. The summed E-state index contributed by atoms with van der Waals surface area (Å²) in [5.41, 5.74) is 13.1. The van der Waals surface area contributed by atoms with E-state index in [0.29, 0.717) is 17.0 Å². The number of carbonyl (C=O) groups excluding carboxylic acids is 1. The van der Waals surface area contributed by atoms with Gasteiger partial charge in [0.15, 0.2) is 5.78 Å². The fourth-order valence-corrected chi connectivity index (χ4v) is 6.92. The number of rotatable bonds is 7. The molecule has 1 aliphatic rings. The van der Waals surface area contributed by atoms with Gasteiger partial charge in [0.1, 0.15) is 11.6 Å². The largest absolute Gasteiger partial charge is 0.478 e. The maximum atomic E-state index is 13.8. The van der Waals surface area contributed by atoms with Crippen LogP contribution >= 0.6 is 0 Å². The van der Waals surface area contributed by atoms with Crippen molar-refractivity contribution in [2.45, 2.75) is 6.92 Å². The highest BCUT2D eigenvalue weighted by molar-refractivity contribution is 6.22. The number of hydrogen-bond donors (Lipinski definition) is 3. The van der Waals surface area contributed by atoms with E-state index in [9.17, 15) is 14.7 Å². The van der Waals surface area contributed by atoms with Gasteiger partial charge in [-0.05, 0) is 54.4 Å². The van der Waals surface area contributed by atoms with Gasteiger partial charge in [-0.25, -0.2) is 14.8 Å². The van der Waals surface area contributed by atoms with Gasteiger partial charge in [0.05, 0.1) is 28.3 Å². The number of carboxylic acids is 1.